The van der Waals surface area contributed by atoms with E-state index >= 15 is 0 Å². The summed E-state index contributed by atoms with van der Waals surface area (Å²) in [5, 5.41) is 9.19. The Morgan fingerprint density at radius 1 is 1.25 bits per heavy atom. The minimum Gasteiger partial charge on any atom is -0.203 e. The van der Waals surface area contributed by atoms with E-state index in [1.807, 2.05) is 0 Å². The number of nitriles is 1. The van der Waals surface area contributed by atoms with E-state index in [1.165, 1.54) is 0 Å². The highest BCUT2D eigenvalue weighted by Crippen LogP contribution is 2.26. The molecule has 1 aliphatic carbocycles. The molecule has 92 valence electrons. The van der Waals surface area contributed by atoms with Gasteiger partial charge in [0, 0.05) is 6.54 Å². The summed E-state index contributed by atoms with van der Waals surface area (Å²) in [5.74, 6) is 0. The second-order valence-electron chi connectivity index (χ2n) is 4.21. The molecule has 0 amide bonds. The molecule has 0 aliphatic heterocycles. The van der Waals surface area contributed by atoms with Crippen LogP contribution in [0, 0.1) is 11.3 Å². The lowest BCUT2D eigenvalue weighted by Gasteiger charge is -2.25. The van der Waals surface area contributed by atoms with Gasteiger partial charge >= 0.3 is 0 Å². The molecule has 6 heteroatoms. The van der Waals surface area contributed by atoms with Crippen molar-refractivity contribution in [3.63, 3.8) is 0 Å². The average Bonchev–Trinajstić information content (AvgIpc) is 2.43. The molecule has 1 fully saturated rings. The van der Waals surface area contributed by atoms with E-state index < -0.39 is 15.7 Å². The van der Waals surface area contributed by atoms with E-state index in [4.69, 9.17) is 0 Å². The van der Waals surface area contributed by atoms with Gasteiger partial charge in [0.2, 0.25) is 0 Å². The molecule has 1 aliphatic rings. The summed E-state index contributed by atoms with van der Waals surface area (Å²) in [6, 6.07) is 2.14. The lowest BCUT2D eigenvalue weighted by atomic mass is 9.94. The zero-order chi connectivity index (χ0) is 12.1. The molecular weight excluding hydrogens is 226 g/mol. The second-order valence-corrected chi connectivity index (χ2v) is 5.71. The van der Waals surface area contributed by atoms with Crippen molar-refractivity contribution in [1.82, 2.24) is 9.44 Å². The number of hydrogen-bond acceptors (Lipinski definition) is 3. The van der Waals surface area contributed by atoms with Crippen molar-refractivity contribution in [3.05, 3.63) is 0 Å². The predicted octanol–water partition coefficient (Wildman–Crippen LogP) is 1.05. The fourth-order valence-electron chi connectivity index (χ4n) is 2.05. The third-order valence-electron chi connectivity index (χ3n) is 2.84. The van der Waals surface area contributed by atoms with Crippen LogP contribution in [-0.2, 0) is 10.2 Å². The maximum absolute atomic E-state index is 11.6. The topological polar surface area (TPSA) is 82.0 Å². The standard InChI is InChI=1S/C10H19N3O2S/c1-2-12-16(14,15)13-10(9-11)7-5-3-4-6-8-10/h12-13H,2-8H2,1H3. The minimum absolute atomic E-state index is 0.330. The van der Waals surface area contributed by atoms with Crippen LogP contribution < -0.4 is 9.44 Å². The molecule has 16 heavy (non-hydrogen) atoms. The van der Waals surface area contributed by atoms with Gasteiger partial charge < -0.3 is 0 Å². The average molecular weight is 245 g/mol. The number of nitrogens with one attached hydrogen (secondary N) is 2. The van der Waals surface area contributed by atoms with Gasteiger partial charge in [0.25, 0.3) is 10.2 Å². The van der Waals surface area contributed by atoms with Gasteiger partial charge in [-0.25, -0.2) is 4.72 Å². The van der Waals surface area contributed by atoms with Crippen molar-refractivity contribution in [2.45, 2.75) is 51.0 Å². The number of nitrogens with zero attached hydrogens (tertiary/aromatic N) is 1. The summed E-state index contributed by atoms with van der Waals surface area (Å²) in [7, 11) is -3.54. The second kappa shape index (κ2) is 5.62. The highest BCUT2D eigenvalue weighted by Gasteiger charge is 2.34. The third-order valence-corrected chi connectivity index (χ3v) is 4.16. The van der Waals surface area contributed by atoms with Crippen molar-refractivity contribution >= 4 is 10.2 Å². The first-order valence-electron chi connectivity index (χ1n) is 5.73. The monoisotopic (exact) mass is 245 g/mol. The smallest absolute Gasteiger partial charge is 0.203 e. The van der Waals surface area contributed by atoms with Crippen LogP contribution in [0.15, 0.2) is 0 Å². The number of hydrogen-bond donors (Lipinski definition) is 2. The first kappa shape index (κ1) is 13.4. The highest BCUT2D eigenvalue weighted by molar-refractivity contribution is 7.87. The molecule has 0 heterocycles. The van der Waals surface area contributed by atoms with Gasteiger partial charge in [-0.3, -0.25) is 0 Å². The molecule has 2 N–H and O–H groups in total. The molecule has 1 saturated carbocycles. The van der Waals surface area contributed by atoms with Gasteiger partial charge in [-0.2, -0.15) is 18.4 Å². The Balaban J connectivity index is 2.77. The molecule has 0 radical (unpaired) electrons. The van der Waals surface area contributed by atoms with E-state index in [-0.39, 0.29) is 0 Å². The van der Waals surface area contributed by atoms with Gasteiger partial charge in [0.1, 0.15) is 5.54 Å². The predicted molar refractivity (Wildman–Crippen MR) is 61.8 cm³/mol. The number of rotatable bonds is 4. The fourth-order valence-corrected chi connectivity index (χ4v) is 3.27. The minimum atomic E-state index is -3.54. The Hall–Kier alpha value is -0.640. The highest BCUT2D eigenvalue weighted by atomic mass is 32.2. The third kappa shape index (κ3) is 3.74. The summed E-state index contributed by atoms with van der Waals surface area (Å²) in [6.45, 7) is 2.04. The largest absolute Gasteiger partial charge is 0.278 e. The van der Waals surface area contributed by atoms with Crippen LogP contribution in [0.5, 0.6) is 0 Å². The fraction of sp³-hybridized carbons (Fsp3) is 0.900. The Morgan fingerprint density at radius 3 is 2.25 bits per heavy atom. The van der Waals surface area contributed by atoms with Crippen molar-refractivity contribution in [1.29, 1.82) is 5.26 Å². The Bertz CT molecular complexity index is 351. The first-order chi connectivity index (χ1) is 7.54. The van der Waals surface area contributed by atoms with E-state index in [0.29, 0.717) is 19.4 Å². The molecule has 5 nitrogen and oxygen atoms in total. The molecule has 0 spiro atoms. The lowest BCUT2D eigenvalue weighted by molar-refractivity contribution is 0.419. The molecule has 0 atom stereocenters. The van der Waals surface area contributed by atoms with Crippen LogP contribution in [0.3, 0.4) is 0 Å². The van der Waals surface area contributed by atoms with Crippen LogP contribution in [0.1, 0.15) is 45.4 Å². The van der Waals surface area contributed by atoms with E-state index in [1.54, 1.807) is 6.92 Å². The summed E-state index contributed by atoms with van der Waals surface area (Å²) < 4.78 is 28.1. The van der Waals surface area contributed by atoms with Crippen LogP contribution in [-0.4, -0.2) is 20.5 Å². The first-order valence-corrected chi connectivity index (χ1v) is 7.22. The van der Waals surface area contributed by atoms with Gasteiger partial charge in [-0.15, -0.1) is 0 Å². The van der Waals surface area contributed by atoms with E-state index in [2.05, 4.69) is 15.5 Å². The molecule has 0 unspecified atom stereocenters. The summed E-state index contributed by atoms with van der Waals surface area (Å²) in [5.41, 5.74) is -0.905. The molecule has 0 bridgehead atoms. The van der Waals surface area contributed by atoms with Crippen LogP contribution in [0.2, 0.25) is 0 Å². The maximum Gasteiger partial charge on any atom is 0.278 e. The van der Waals surface area contributed by atoms with Crippen LogP contribution >= 0.6 is 0 Å². The Kier molecular flexibility index (Phi) is 4.71. The van der Waals surface area contributed by atoms with E-state index in [0.717, 1.165) is 25.7 Å². The Labute approximate surface area is 97.4 Å². The van der Waals surface area contributed by atoms with Crippen LogP contribution in [0.25, 0.3) is 0 Å². The van der Waals surface area contributed by atoms with Crippen molar-refractivity contribution in [3.8, 4) is 6.07 Å². The molecule has 0 saturated heterocycles. The van der Waals surface area contributed by atoms with Gasteiger partial charge in [0.15, 0.2) is 0 Å². The van der Waals surface area contributed by atoms with Gasteiger partial charge in [0.05, 0.1) is 6.07 Å². The zero-order valence-corrected chi connectivity index (χ0v) is 10.4. The molecule has 0 aromatic heterocycles. The SMILES string of the molecule is CCNS(=O)(=O)NC1(C#N)CCCCCC1. The summed E-state index contributed by atoms with van der Waals surface area (Å²) in [4.78, 5) is 0. The Morgan fingerprint density at radius 2 is 1.81 bits per heavy atom. The van der Waals surface area contributed by atoms with Crippen molar-refractivity contribution in [2.75, 3.05) is 6.54 Å². The summed E-state index contributed by atoms with van der Waals surface area (Å²) in [6.07, 6.45) is 5.17. The molecular formula is C10H19N3O2S. The quantitative estimate of drug-likeness (QED) is 0.726. The zero-order valence-electron chi connectivity index (χ0n) is 9.62. The molecule has 0 aromatic carbocycles. The lowest BCUT2D eigenvalue weighted by Crippen LogP contribution is -2.51. The van der Waals surface area contributed by atoms with Crippen LogP contribution in [0.4, 0.5) is 0 Å². The molecule has 1 rings (SSSR count). The van der Waals surface area contributed by atoms with Crippen molar-refractivity contribution in [2.24, 2.45) is 0 Å². The van der Waals surface area contributed by atoms with Gasteiger partial charge in [-0.05, 0) is 12.8 Å². The normalized spacial score (nSPS) is 21.0. The molecule has 0 aromatic rings. The maximum atomic E-state index is 11.6. The summed E-state index contributed by atoms with van der Waals surface area (Å²) >= 11 is 0. The van der Waals surface area contributed by atoms with E-state index in [9.17, 15) is 13.7 Å². The van der Waals surface area contributed by atoms with Gasteiger partial charge in [-0.1, -0.05) is 32.6 Å². The van der Waals surface area contributed by atoms with Crippen molar-refractivity contribution < 1.29 is 8.42 Å².